The Kier molecular flexibility index (Phi) is 6.74. The van der Waals surface area contributed by atoms with Gasteiger partial charge in [-0.1, -0.05) is 19.1 Å². The van der Waals surface area contributed by atoms with E-state index in [0.29, 0.717) is 18.7 Å². The van der Waals surface area contributed by atoms with E-state index >= 15 is 0 Å². The molecule has 1 heterocycles. The Morgan fingerprint density at radius 2 is 2.00 bits per heavy atom. The van der Waals surface area contributed by atoms with Crippen LogP contribution in [-0.2, 0) is 20.7 Å². The van der Waals surface area contributed by atoms with Crippen LogP contribution in [0.4, 0.5) is 0 Å². The van der Waals surface area contributed by atoms with E-state index in [1.54, 1.807) is 6.92 Å². The van der Waals surface area contributed by atoms with Gasteiger partial charge >= 0.3 is 5.97 Å². The van der Waals surface area contributed by atoms with Crippen LogP contribution < -0.4 is 10.1 Å². The third kappa shape index (κ3) is 4.60. The highest BCUT2D eigenvalue weighted by atomic mass is 32.1. The number of carbonyl (C=O) groups is 2. The van der Waals surface area contributed by atoms with Crippen molar-refractivity contribution < 1.29 is 19.1 Å². The van der Waals surface area contributed by atoms with Gasteiger partial charge in [0, 0.05) is 5.38 Å². The molecule has 26 heavy (non-hydrogen) atoms. The van der Waals surface area contributed by atoms with Crippen LogP contribution in [0.2, 0.25) is 0 Å². The van der Waals surface area contributed by atoms with E-state index in [1.165, 1.54) is 18.4 Å². The van der Waals surface area contributed by atoms with Crippen molar-refractivity contribution in [1.82, 2.24) is 10.3 Å². The molecule has 2 rings (SSSR count). The number of carbonyl (C=O) groups excluding carboxylic acids is 2. The summed E-state index contributed by atoms with van der Waals surface area (Å²) in [6, 6.07) is 7.68. The Balaban J connectivity index is 2.11. The van der Waals surface area contributed by atoms with Crippen LogP contribution >= 0.6 is 11.3 Å². The Hall–Kier alpha value is -2.41. The minimum absolute atomic E-state index is 0.0971. The summed E-state index contributed by atoms with van der Waals surface area (Å²) in [4.78, 5) is 28.8. The van der Waals surface area contributed by atoms with E-state index in [9.17, 15) is 9.59 Å². The molecule has 0 aliphatic rings. The summed E-state index contributed by atoms with van der Waals surface area (Å²) in [6.07, 6.45) is 0.537. The lowest BCUT2D eigenvalue weighted by molar-refractivity contribution is -0.150. The van der Waals surface area contributed by atoms with Crippen molar-refractivity contribution in [3.05, 3.63) is 35.3 Å². The van der Waals surface area contributed by atoms with Crippen LogP contribution in [0.1, 0.15) is 32.9 Å². The number of rotatable bonds is 8. The summed E-state index contributed by atoms with van der Waals surface area (Å²) < 4.78 is 10.4. The second-order valence-corrected chi connectivity index (χ2v) is 6.83. The standard InChI is InChI=1S/C19H24N2O4S/c1-5-19(3,18(23)24-4)21-16(22)11-13-12-26-17(20-13)14-9-7-8-10-15(14)25-6-2/h7-10,12H,5-6,11H2,1-4H3,(H,21,22). The molecule has 2 aromatic rings. The highest BCUT2D eigenvalue weighted by Gasteiger charge is 2.34. The van der Waals surface area contributed by atoms with Crippen LogP contribution in [0.5, 0.6) is 5.75 Å². The zero-order valence-corrected chi connectivity index (χ0v) is 16.3. The number of esters is 1. The molecule has 1 unspecified atom stereocenters. The molecule has 1 aromatic carbocycles. The van der Waals surface area contributed by atoms with E-state index in [4.69, 9.17) is 9.47 Å². The van der Waals surface area contributed by atoms with Gasteiger partial charge in [0.25, 0.3) is 0 Å². The molecule has 1 amide bonds. The molecular weight excluding hydrogens is 352 g/mol. The molecule has 0 saturated carbocycles. The van der Waals surface area contributed by atoms with Gasteiger partial charge in [0.15, 0.2) is 0 Å². The number of methoxy groups -OCH3 is 1. The maximum atomic E-state index is 12.3. The van der Waals surface area contributed by atoms with E-state index in [0.717, 1.165) is 16.3 Å². The molecule has 140 valence electrons. The van der Waals surface area contributed by atoms with Gasteiger partial charge in [0.05, 0.1) is 31.4 Å². The van der Waals surface area contributed by atoms with Crippen molar-refractivity contribution in [1.29, 1.82) is 0 Å². The van der Waals surface area contributed by atoms with Gasteiger partial charge in [-0.05, 0) is 32.4 Å². The Morgan fingerprint density at radius 1 is 1.27 bits per heavy atom. The fraction of sp³-hybridized carbons (Fsp3) is 0.421. The zero-order chi connectivity index (χ0) is 19.2. The lowest BCUT2D eigenvalue weighted by Gasteiger charge is -2.26. The Bertz CT molecular complexity index is 774. The number of benzene rings is 1. The molecule has 0 saturated heterocycles. The van der Waals surface area contributed by atoms with Crippen molar-refractivity contribution in [3.63, 3.8) is 0 Å². The number of para-hydroxylation sites is 1. The predicted octanol–water partition coefficient (Wildman–Crippen LogP) is 3.21. The lowest BCUT2D eigenvalue weighted by atomic mass is 9.99. The molecule has 0 aliphatic carbocycles. The van der Waals surface area contributed by atoms with Crippen molar-refractivity contribution in [2.24, 2.45) is 0 Å². The van der Waals surface area contributed by atoms with Crippen LogP contribution in [0.15, 0.2) is 29.6 Å². The molecule has 7 heteroatoms. The summed E-state index contributed by atoms with van der Waals surface area (Å²) >= 11 is 1.46. The van der Waals surface area contributed by atoms with Gasteiger partial charge < -0.3 is 14.8 Å². The van der Waals surface area contributed by atoms with Crippen molar-refractivity contribution in [2.45, 2.75) is 39.2 Å². The maximum absolute atomic E-state index is 12.3. The highest BCUT2D eigenvalue weighted by molar-refractivity contribution is 7.13. The third-order valence-corrected chi connectivity index (χ3v) is 4.99. The highest BCUT2D eigenvalue weighted by Crippen LogP contribution is 2.32. The molecular formula is C19H24N2O4S. The first-order valence-corrected chi connectivity index (χ1v) is 9.37. The molecule has 1 aromatic heterocycles. The van der Waals surface area contributed by atoms with Crippen LogP contribution in [0.25, 0.3) is 10.6 Å². The van der Waals surface area contributed by atoms with E-state index < -0.39 is 11.5 Å². The minimum Gasteiger partial charge on any atom is -0.493 e. The molecule has 0 radical (unpaired) electrons. The van der Waals surface area contributed by atoms with Gasteiger partial charge in [0.1, 0.15) is 16.3 Å². The van der Waals surface area contributed by atoms with Crippen LogP contribution in [0.3, 0.4) is 0 Å². The topological polar surface area (TPSA) is 77.5 Å². The molecule has 0 aliphatic heterocycles. The number of aromatic nitrogens is 1. The summed E-state index contributed by atoms with van der Waals surface area (Å²) in [7, 11) is 1.31. The monoisotopic (exact) mass is 376 g/mol. The van der Waals surface area contributed by atoms with Gasteiger partial charge in [0.2, 0.25) is 5.91 Å². The second kappa shape index (κ2) is 8.80. The van der Waals surface area contributed by atoms with Gasteiger partial charge in [-0.15, -0.1) is 11.3 Å². The van der Waals surface area contributed by atoms with Gasteiger partial charge in [-0.3, -0.25) is 4.79 Å². The molecule has 1 atom stereocenters. The molecule has 0 bridgehead atoms. The molecule has 0 fully saturated rings. The summed E-state index contributed by atoms with van der Waals surface area (Å²) in [5, 5.41) is 5.39. The van der Waals surface area contributed by atoms with Crippen molar-refractivity contribution >= 4 is 23.2 Å². The molecule has 0 spiro atoms. The van der Waals surface area contributed by atoms with Crippen molar-refractivity contribution in [3.8, 4) is 16.3 Å². The second-order valence-electron chi connectivity index (χ2n) is 5.98. The van der Waals surface area contributed by atoms with Gasteiger partial charge in [-0.2, -0.15) is 0 Å². The number of thiazole rings is 1. The minimum atomic E-state index is -1.04. The first-order valence-electron chi connectivity index (χ1n) is 8.49. The van der Waals surface area contributed by atoms with Gasteiger partial charge in [-0.25, -0.2) is 9.78 Å². The number of amides is 1. The van der Waals surface area contributed by atoms with Crippen molar-refractivity contribution in [2.75, 3.05) is 13.7 Å². The van der Waals surface area contributed by atoms with E-state index in [2.05, 4.69) is 10.3 Å². The summed E-state index contributed by atoms with van der Waals surface area (Å²) in [6.45, 7) is 5.98. The lowest BCUT2D eigenvalue weighted by Crippen LogP contribution is -2.52. The SMILES string of the molecule is CCOc1ccccc1-c1nc(CC(=O)NC(C)(CC)C(=O)OC)cs1. The fourth-order valence-corrected chi connectivity index (χ4v) is 3.31. The zero-order valence-electron chi connectivity index (χ0n) is 15.5. The van der Waals surface area contributed by atoms with Crippen LogP contribution in [-0.4, -0.2) is 36.1 Å². The average molecular weight is 376 g/mol. The van der Waals surface area contributed by atoms with Crippen LogP contribution in [0, 0.1) is 0 Å². The largest absolute Gasteiger partial charge is 0.493 e. The number of nitrogens with one attached hydrogen (secondary N) is 1. The fourth-order valence-electron chi connectivity index (χ4n) is 2.46. The van der Waals surface area contributed by atoms with E-state index in [-0.39, 0.29) is 12.3 Å². The summed E-state index contributed by atoms with van der Waals surface area (Å²) in [5.74, 6) is 0.0391. The molecule has 6 nitrogen and oxygen atoms in total. The summed E-state index contributed by atoms with van der Waals surface area (Å²) in [5.41, 5.74) is 0.516. The number of nitrogens with zero attached hydrogens (tertiary/aromatic N) is 1. The number of hydrogen-bond acceptors (Lipinski definition) is 6. The number of ether oxygens (including phenoxy) is 2. The smallest absolute Gasteiger partial charge is 0.331 e. The molecule has 1 N–H and O–H groups in total. The maximum Gasteiger partial charge on any atom is 0.331 e. The first-order chi connectivity index (χ1) is 12.4. The van der Waals surface area contributed by atoms with E-state index in [1.807, 2.05) is 43.5 Å². The Labute approximate surface area is 157 Å². The first kappa shape index (κ1) is 19.9. The normalized spacial score (nSPS) is 12.9. The number of hydrogen-bond donors (Lipinski definition) is 1. The quantitative estimate of drug-likeness (QED) is 0.716. The predicted molar refractivity (Wildman–Crippen MR) is 101 cm³/mol. The third-order valence-electron chi connectivity index (χ3n) is 4.07. The average Bonchev–Trinajstić information content (AvgIpc) is 3.09. The Morgan fingerprint density at radius 3 is 2.65 bits per heavy atom.